The zero-order valence-electron chi connectivity index (χ0n) is 11.7. The fourth-order valence-electron chi connectivity index (χ4n) is 2.22. The molecule has 1 aromatic carbocycles. The molecule has 0 saturated carbocycles. The molecule has 2 heterocycles. The Hall–Kier alpha value is -2.50. The van der Waals surface area contributed by atoms with Crippen molar-refractivity contribution in [3.8, 4) is 11.5 Å². The lowest BCUT2D eigenvalue weighted by atomic mass is 10.2. The average molecular weight is 287 g/mol. The summed E-state index contributed by atoms with van der Waals surface area (Å²) in [5.74, 6) is 1.10. The molecule has 0 aliphatic carbocycles. The fraction of sp³-hybridized carbons (Fsp3) is 0.333. The Morgan fingerprint density at radius 2 is 2.24 bits per heavy atom. The van der Waals surface area contributed by atoms with Gasteiger partial charge in [-0.3, -0.25) is 9.48 Å². The molecule has 2 aromatic rings. The number of amides is 1. The number of nitrogens with one attached hydrogen (secondary N) is 1. The molecule has 0 radical (unpaired) electrons. The number of aromatic nitrogens is 2. The molecule has 0 saturated heterocycles. The molecule has 1 aliphatic rings. The first-order valence-electron chi connectivity index (χ1n) is 6.88. The number of hydrogen-bond acceptors (Lipinski definition) is 4. The summed E-state index contributed by atoms with van der Waals surface area (Å²) in [4.78, 5) is 12.2. The molecule has 0 bridgehead atoms. The van der Waals surface area contributed by atoms with Crippen molar-refractivity contribution in [3.05, 3.63) is 42.7 Å². The maximum Gasteiger partial charge on any atom is 0.264 e. The molecule has 0 fully saturated rings. The number of rotatable bonds is 4. The van der Waals surface area contributed by atoms with E-state index in [1.54, 1.807) is 16.9 Å². The Bertz CT molecular complexity index is 612. The van der Waals surface area contributed by atoms with Crippen molar-refractivity contribution in [3.63, 3.8) is 0 Å². The minimum atomic E-state index is -0.625. The summed E-state index contributed by atoms with van der Waals surface area (Å²) in [6.45, 7) is 2.76. The molecule has 6 nitrogen and oxygen atoms in total. The van der Waals surface area contributed by atoms with Crippen LogP contribution in [0, 0.1) is 0 Å². The smallest absolute Gasteiger partial charge is 0.264 e. The van der Waals surface area contributed by atoms with Gasteiger partial charge in [0.05, 0.1) is 6.54 Å². The van der Waals surface area contributed by atoms with Crippen molar-refractivity contribution in [2.24, 2.45) is 0 Å². The van der Waals surface area contributed by atoms with Gasteiger partial charge in [-0.05, 0) is 25.1 Å². The minimum Gasteiger partial charge on any atom is -0.485 e. The minimum absolute atomic E-state index is 0.0434. The molecule has 0 spiro atoms. The Kier molecular flexibility index (Phi) is 3.77. The van der Waals surface area contributed by atoms with Crippen molar-refractivity contribution < 1.29 is 14.3 Å². The summed E-state index contributed by atoms with van der Waals surface area (Å²) >= 11 is 0. The summed E-state index contributed by atoms with van der Waals surface area (Å²) in [7, 11) is 0. The lowest BCUT2D eigenvalue weighted by Crippen LogP contribution is -2.47. The SMILES string of the molecule is C[C@@H](Cn1cccn1)NC(=O)[C@@H]1COc2ccccc2O1. The second kappa shape index (κ2) is 5.87. The number of ether oxygens (including phenoxy) is 2. The van der Waals surface area contributed by atoms with Crippen LogP contribution in [-0.2, 0) is 11.3 Å². The van der Waals surface area contributed by atoms with E-state index in [1.165, 1.54) is 0 Å². The van der Waals surface area contributed by atoms with Crippen LogP contribution in [0.5, 0.6) is 11.5 Å². The van der Waals surface area contributed by atoms with Crippen molar-refractivity contribution in [2.75, 3.05) is 6.61 Å². The second-order valence-electron chi connectivity index (χ2n) is 5.00. The number of hydrogen-bond donors (Lipinski definition) is 1. The predicted molar refractivity (Wildman–Crippen MR) is 76.2 cm³/mol. The van der Waals surface area contributed by atoms with Gasteiger partial charge in [-0.2, -0.15) is 5.10 Å². The van der Waals surface area contributed by atoms with E-state index in [-0.39, 0.29) is 18.6 Å². The zero-order chi connectivity index (χ0) is 14.7. The molecule has 21 heavy (non-hydrogen) atoms. The zero-order valence-corrected chi connectivity index (χ0v) is 11.7. The van der Waals surface area contributed by atoms with Gasteiger partial charge in [-0.25, -0.2) is 0 Å². The van der Waals surface area contributed by atoms with E-state index in [0.29, 0.717) is 18.0 Å². The number of fused-ring (bicyclic) bond motifs is 1. The maximum atomic E-state index is 12.2. The lowest BCUT2D eigenvalue weighted by Gasteiger charge is -2.26. The van der Waals surface area contributed by atoms with E-state index in [4.69, 9.17) is 9.47 Å². The van der Waals surface area contributed by atoms with Crippen LogP contribution in [-0.4, -0.2) is 34.4 Å². The van der Waals surface area contributed by atoms with E-state index in [2.05, 4.69) is 10.4 Å². The van der Waals surface area contributed by atoms with Crippen LogP contribution in [0.1, 0.15) is 6.92 Å². The Morgan fingerprint density at radius 3 is 3.00 bits per heavy atom. The molecule has 0 unspecified atom stereocenters. The highest BCUT2D eigenvalue weighted by Crippen LogP contribution is 2.30. The Labute approximate surface area is 122 Å². The molecule has 110 valence electrons. The van der Waals surface area contributed by atoms with Crippen LogP contribution in [0.25, 0.3) is 0 Å². The standard InChI is InChI=1S/C15H17N3O3/c1-11(9-18-8-4-7-16-18)17-15(19)14-10-20-12-5-2-3-6-13(12)21-14/h2-8,11,14H,9-10H2,1H3,(H,17,19)/t11-,14-/m0/s1. The normalized spacial score (nSPS) is 18.0. The van der Waals surface area contributed by atoms with Crippen molar-refractivity contribution in [2.45, 2.75) is 25.6 Å². The van der Waals surface area contributed by atoms with E-state index in [9.17, 15) is 4.79 Å². The highest BCUT2D eigenvalue weighted by atomic mass is 16.6. The van der Waals surface area contributed by atoms with Crippen molar-refractivity contribution >= 4 is 5.91 Å². The molecule has 1 aliphatic heterocycles. The summed E-state index contributed by atoms with van der Waals surface area (Å²) in [6.07, 6.45) is 2.95. The van der Waals surface area contributed by atoms with Crippen LogP contribution in [0.2, 0.25) is 0 Å². The van der Waals surface area contributed by atoms with Crippen LogP contribution in [0.4, 0.5) is 0 Å². The van der Waals surface area contributed by atoms with Gasteiger partial charge in [0.1, 0.15) is 6.61 Å². The summed E-state index contributed by atoms with van der Waals surface area (Å²) in [5, 5.41) is 7.03. The van der Waals surface area contributed by atoms with Gasteiger partial charge in [-0.15, -0.1) is 0 Å². The molecular formula is C15H17N3O3. The largest absolute Gasteiger partial charge is 0.485 e. The van der Waals surface area contributed by atoms with E-state index >= 15 is 0 Å². The molecule has 6 heteroatoms. The molecular weight excluding hydrogens is 270 g/mol. The number of carbonyl (C=O) groups excluding carboxylic acids is 1. The Balaban J connectivity index is 1.56. The average Bonchev–Trinajstić information content (AvgIpc) is 2.99. The second-order valence-corrected chi connectivity index (χ2v) is 5.00. The monoisotopic (exact) mass is 287 g/mol. The van der Waals surface area contributed by atoms with Crippen LogP contribution < -0.4 is 14.8 Å². The van der Waals surface area contributed by atoms with Gasteiger partial charge in [0.15, 0.2) is 11.5 Å². The third-order valence-electron chi connectivity index (χ3n) is 3.21. The first kappa shape index (κ1) is 13.5. The van der Waals surface area contributed by atoms with Gasteiger partial charge in [0.25, 0.3) is 5.91 Å². The molecule has 1 aromatic heterocycles. The molecule has 1 amide bonds. The molecule has 1 N–H and O–H groups in total. The quantitative estimate of drug-likeness (QED) is 0.918. The number of carbonyl (C=O) groups is 1. The highest BCUT2D eigenvalue weighted by Gasteiger charge is 2.27. The van der Waals surface area contributed by atoms with Gasteiger partial charge in [0.2, 0.25) is 6.10 Å². The first-order chi connectivity index (χ1) is 10.2. The van der Waals surface area contributed by atoms with Crippen molar-refractivity contribution in [1.29, 1.82) is 0 Å². The van der Waals surface area contributed by atoms with Gasteiger partial charge < -0.3 is 14.8 Å². The lowest BCUT2D eigenvalue weighted by molar-refractivity contribution is -0.131. The number of benzene rings is 1. The fourth-order valence-corrected chi connectivity index (χ4v) is 2.22. The molecule has 3 rings (SSSR count). The highest BCUT2D eigenvalue weighted by molar-refractivity contribution is 5.82. The first-order valence-corrected chi connectivity index (χ1v) is 6.88. The maximum absolute atomic E-state index is 12.2. The molecule has 2 atom stereocenters. The van der Waals surface area contributed by atoms with E-state index in [0.717, 1.165) is 0 Å². The van der Waals surface area contributed by atoms with Gasteiger partial charge >= 0.3 is 0 Å². The van der Waals surface area contributed by atoms with Crippen LogP contribution in [0.3, 0.4) is 0 Å². The van der Waals surface area contributed by atoms with Crippen LogP contribution >= 0.6 is 0 Å². The summed E-state index contributed by atoms with van der Waals surface area (Å²) in [5.41, 5.74) is 0. The van der Waals surface area contributed by atoms with Gasteiger partial charge in [-0.1, -0.05) is 12.1 Å². The van der Waals surface area contributed by atoms with E-state index < -0.39 is 6.10 Å². The summed E-state index contributed by atoms with van der Waals surface area (Å²) in [6, 6.07) is 9.14. The van der Waals surface area contributed by atoms with Crippen molar-refractivity contribution in [1.82, 2.24) is 15.1 Å². The third-order valence-corrected chi connectivity index (χ3v) is 3.21. The number of para-hydroxylation sites is 2. The topological polar surface area (TPSA) is 65.4 Å². The van der Waals surface area contributed by atoms with Gasteiger partial charge in [0, 0.05) is 18.4 Å². The number of nitrogens with zero attached hydrogens (tertiary/aromatic N) is 2. The van der Waals surface area contributed by atoms with Crippen LogP contribution in [0.15, 0.2) is 42.7 Å². The third kappa shape index (κ3) is 3.16. The Morgan fingerprint density at radius 1 is 1.43 bits per heavy atom. The predicted octanol–water partition coefficient (Wildman–Crippen LogP) is 1.23. The van der Waals surface area contributed by atoms with E-state index in [1.807, 2.05) is 37.4 Å². The summed E-state index contributed by atoms with van der Waals surface area (Å²) < 4.78 is 13.0.